The second-order valence-electron chi connectivity index (χ2n) is 4.20. The lowest BCUT2D eigenvalue weighted by Crippen LogP contribution is -2.28. The molecule has 0 saturated heterocycles. The SMILES string of the molecule is CCN(CC(C)C#N)c1ccc(C)cc1C#N. The summed E-state index contributed by atoms with van der Waals surface area (Å²) < 4.78 is 0. The van der Waals surface area contributed by atoms with Crippen LogP contribution in [-0.4, -0.2) is 13.1 Å². The van der Waals surface area contributed by atoms with Gasteiger partial charge in [-0.2, -0.15) is 10.5 Å². The molecule has 0 radical (unpaired) electrons. The van der Waals surface area contributed by atoms with Gasteiger partial charge in [0.15, 0.2) is 0 Å². The predicted molar refractivity (Wildman–Crippen MR) is 68.6 cm³/mol. The summed E-state index contributed by atoms with van der Waals surface area (Å²) in [5.41, 5.74) is 2.68. The molecule has 0 aliphatic rings. The fraction of sp³-hybridized carbons (Fsp3) is 0.429. The molecule has 3 heteroatoms. The van der Waals surface area contributed by atoms with E-state index in [1.54, 1.807) is 0 Å². The number of anilines is 1. The van der Waals surface area contributed by atoms with E-state index >= 15 is 0 Å². The largest absolute Gasteiger partial charge is 0.369 e. The van der Waals surface area contributed by atoms with Crippen LogP contribution < -0.4 is 4.90 Å². The van der Waals surface area contributed by atoms with Crippen LogP contribution >= 0.6 is 0 Å². The Balaban J connectivity index is 3.05. The van der Waals surface area contributed by atoms with E-state index in [1.807, 2.05) is 39.0 Å². The molecule has 0 aromatic heterocycles. The normalized spacial score (nSPS) is 11.4. The molecule has 0 saturated carbocycles. The van der Waals surface area contributed by atoms with E-state index in [4.69, 9.17) is 10.5 Å². The minimum atomic E-state index is -0.0391. The third-order valence-corrected chi connectivity index (χ3v) is 2.71. The molecular weight excluding hydrogens is 210 g/mol. The lowest BCUT2D eigenvalue weighted by molar-refractivity contribution is 0.685. The molecule has 1 aromatic rings. The Hall–Kier alpha value is -2.00. The van der Waals surface area contributed by atoms with Gasteiger partial charge < -0.3 is 4.90 Å². The molecule has 88 valence electrons. The van der Waals surface area contributed by atoms with Crippen molar-refractivity contribution in [1.29, 1.82) is 10.5 Å². The number of hydrogen-bond acceptors (Lipinski definition) is 3. The number of hydrogen-bond donors (Lipinski definition) is 0. The van der Waals surface area contributed by atoms with Gasteiger partial charge in [-0.15, -0.1) is 0 Å². The minimum Gasteiger partial charge on any atom is -0.369 e. The fourth-order valence-corrected chi connectivity index (χ4v) is 1.78. The molecule has 1 aromatic carbocycles. The van der Waals surface area contributed by atoms with Gasteiger partial charge in [0, 0.05) is 13.1 Å². The number of nitrogens with zero attached hydrogens (tertiary/aromatic N) is 3. The van der Waals surface area contributed by atoms with E-state index in [9.17, 15) is 0 Å². The Morgan fingerprint density at radius 2 is 2.06 bits per heavy atom. The van der Waals surface area contributed by atoms with Gasteiger partial charge in [-0.05, 0) is 38.5 Å². The zero-order valence-electron chi connectivity index (χ0n) is 10.6. The van der Waals surface area contributed by atoms with Gasteiger partial charge >= 0.3 is 0 Å². The summed E-state index contributed by atoms with van der Waals surface area (Å²) in [5.74, 6) is -0.0391. The summed E-state index contributed by atoms with van der Waals surface area (Å²) in [5, 5.41) is 18.0. The summed E-state index contributed by atoms with van der Waals surface area (Å²) in [6.07, 6.45) is 0. The summed E-state index contributed by atoms with van der Waals surface area (Å²) in [7, 11) is 0. The van der Waals surface area contributed by atoms with Crippen LogP contribution in [0.25, 0.3) is 0 Å². The zero-order valence-corrected chi connectivity index (χ0v) is 10.6. The number of benzene rings is 1. The van der Waals surface area contributed by atoms with E-state index in [1.165, 1.54) is 0 Å². The summed E-state index contributed by atoms with van der Waals surface area (Å²) in [6.45, 7) is 7.35. The van der Waals surface area contributed by atoms with Crippen molar-refractivity contribution in [2.75, 3.05) is 18.0 Å². The highest BCUT2D eigenvalue weighted by molar-refractivity contribution is 5.60. The molecule has 0 bridgehead atoms. The smallest absolute Gasteiger partial charge is 0.101 e. The highest BCUT2D eigenvalue weighted by atomic mass is 15.1. The molecule has 0 aliphatic heterocycles. The first-order valence-electron chi connectivity index (χ1n) is 5.77. The number of rotatable bonds is 4. The van der Waals surface area contributed by atoms with Crippen LogP contribution in [0.15, 0.2) is 18.2 Å². The maximum absolute atomic E-state index is 9.14. The molecule has 3 nitrogen and oxygen atoms in total. The van der Waals surface area contributed by atoms with Crippen molar-refractivity contribution >= 4 is 5.69 Å². The van der Waals surface area contributed by atoms with Crippen LogP contribution in [0, 0.1) is 35.5 Å². The Bertz CT molecular complexity index is 465. The van der Waals surface area contributed by atoms with E-state index in [2.05, 4.69) is 17.0 Å². The molecule has 1 rings (SSSR count). The van der Waals surface area contributed by atoms with Gasteiger partial charge in [0.05, 0.1) is 23.2 Å². The molecular formula is C14H17N3. The maximum atomic E-state index is 9.14. The first-order chi connectivity index (χ1) is 8.12. The molecule has 17 heavy (non-hydrogen) atoms. The third-order valence-electron chi connectivity index (χ3n) is 2.71. The Kier molecular flexibility index (Phi) is 4.55. The molecule has 0 heterocycles. The van der Waals surface area contributed by atoms with Crippen molar-refractivity contribution < 1.29 is 0 Å². The molecule has 0 aliphatic carbocycles. The Morgan fingerprint density at radius 1 is 1.35 bits per heavy atom. The van der Waals surface area contributed by atoms with Crippen molar-refractivity contribution in [3.63, 3.8) is 0 Å². The van der Waals surface area contributed by atoms with Gasteiger partial charge in [0.2, 0.25) is 0 Å². The first-order valence-corrected chi connectivity index (χ1v) is 5.77. The minimum absolute atomic E-state index is 0.0391. The van der Waals surface area contributed by atoms with E-state index in [0.717, 1.165) is 17.8 Å². The number of nitriles is 2. The van der Waals surface area contributed by atoms with Gasteiger partial charge in [0.25, 0.3) is 0 Å². The molecule has 0 amide bonds. The van der Waals surface area contributed by atoms with Crippen molar-refractivity contribution in [3.8, 4) is 12.1 Å². The van der Waals surface area contributed by atoms with Crippen LogP contribution in [-0.2, 0) is 0 Å². The highest BCUT2D eigenvalue weighted by Gasteiger charge is 2.12. The summed E-state index contributed by atoms with van der Waals surface area (Å²) >= 11 is 0. The van der Waals surface area contributed by atoms with Gasteiger partial charge in [-0.1, -0.05) is 6.07 Å². The summed E-state index contributed by atoms with van der Waals surface area (Å²) in [4.78, 5) is 2.08. The molecule has 0 fully saturated rings. The lowest BCUT2D eigenvalue weighted by atomic mass is 10.1. The van der Waals surface area contributed by atoms with Crippen molar-refractivity contribution in [2.24, 2.45) is 5.92 Å². The van der Waals surface area contributed by atoms with Crippen LogP contribution in [0.5, 0.6) is 0 Å². The highest BCUT2D eigenvalue weighted by Crippen LogP contribution is 2.22. The summed E-state index contributed by atoms with van der Waals surface area (Å²) in [6, 6.07) is 10.3. The van der Waals surface area contributed by atoms with E-state index in [0.29, 0.717) is 12.1 Å². The van der Waals surface area contributed by atoms with Gasteiger partial charge in [0.1, 0.15) is 6.07 Å². The van der Waals surface area contributed by atoms with Crippen LogP contribution in [0.1, 0.15) is 25.0 Å². The predicted octanol–water partition coefficient (Wildman–Crippen LogP) is 2.85. The topological polar surface area (TPSA) is 50.8 Å². The quantitative estimate of drug-likeness (QED) is 0.794. The van der Waals surface area contributed by atoms with Crippen LogP contribution in [0.3, 0.4) is 0 Å². The lowest BCUT2D eigenvalue weighted by Gasteiger charge is -2.25. The third kappa shape index (κ3) is 3.23. The van der Waals surface area contributed by atoms with Crippen molar-refractivity contribution in [3.05, 3.63) is 29.3 Å². The molecule has 1 unspecified atom stereocenters. The van der Waals surface area contributed by atoms with Gasteiger partial charge in [-0.3, -0.25) is 0 Å². The number of aryl methyl sites for hydroxylation is 1. The molecule has 0 N–H and O–H groups in total. The average molecular weight is 227 g/mol. The van der Waals surface area contributed by atoms with E-state index < -0.39 is 0 Å². The van der Waals surface area contributed by atoms with Crippen molar-refractivity contribution in [2.45, 2.75) is 20.8 Å². The standard InChI is InChI=1S/C14H17N3/c1-4-17(10-12(3)8-15)14-6-5-11(2)7-13(14)9-16/h5-7,12H,4,10H2,1-3H3. The molecule has 0 spiro atoms. The Morgan fingerprint density at radius 3 is 2.59 bits per heavy atom. The monoisotopic (exact) mass is 227 g/mol. The zero-order chi connectivity index (χ0) is 12.8. The maximum Gasteiger partial charge on any atom is 0.101 e. The average Bonchev–Trinajstić information content (AvgIpc) is 2.35. The van der Waals surface area contributed by atoms with Crippen LogP contribution in [0.4, 0.5) is 5.69 Å². The van der Waals surface area contributed by atoms with Gasteiger partial charge in [-0.25, -0.2) is 0 Å². The fourth-order valence-electron chi connectivity index (χ4n) is 1.78. The van der Waals surface area contributed by atoms with Crippen LogP contribution in [0.2, 0.25) is 0 Å². The van der Waals surface area contributed by atoms with E-state index in [-0.39, 0.29) is 5.92 Å². The second-order valence-corrected chi connectivity index (χ2v) is 4.20. The van der Waals surface area contributed by atoms with Crippen molar-refractivity contribution in [1.82, 2.24) is 0 Å². The second kappa shape index (κ2) is 5.92. The molecule has 1 atom stereocenters. The first kappa shape index (κ1) is 13.1. The Labute approximate surface area is 103 Å².